The van der Waals surface area contributed by atoms with Crippen LogP contribution in [0.2, 0.25) is 0 Å². The lowest BCUT2D eigenvalue weighted by Gasteiger charge is -2.28. The van der Waals surface area contributed by atoms with Crippen molar-refractivity contribution in [3.63, 3.8) is 0 Å². The number of hydrogen-bond donors (Lipinski definition) is 1. The predicted octanol–water partition coefficient (Wildman–Crippen LogP) is 3.19. The van der Waals surface area contributed by atoms with Crippen molar-refractivity contribution in [1.82, 2.24) is 19.9 Å². The molecule has 0 atom stereocenters. The summed E-state index contributed by atoms with van der Waals surface area (Å²) in [6, 6.07) is 9.55. The van der Waals surface area contributed by atoms with Crippen LogP contribution < -0.4 is 5.32 Å². The second-order valence-corrected chi connectivity index (χ2v) is 7.44. The molecule has 2 aromatic heterocycles. The number of aryl methyl sites for hydroxylation is 1. The number of imidazole rings is 1. The highest BCUT2D eigenvalue weighted by Gasteiger charge is 2.24. The molecule has 29 heavy (non-hydrogen) atoms. The standard InChI is InChI=1S/C22H23N5O2/c1-27-13-24-12-20(27)19-10-18-14(11-23)4-3-5-17(18)21(26-19)22(28)25-15-6-8-16(29-2)9-7-15/h3-5,10,12-13,15-16H,6-9H2,1-2H3,(H,25,28). The predicted molar refractivity (Wildman–Crippen MR) is 109 cm³/mol. The van der Waals surface area contributed by atoms with E-state index in [-0.39, 0.29) is 18.1 Å². The van der Waals surface area contributed by atoms with Crippen molar-refractivity contribution < 1.29 is 9.53 Å². The molecule has 1 aliphatic rings. The summed E-state index contributed by atoms with van der Waals surface area (Å²) >= 11 is 0. The maximum absolute atomic E-state index is 13.2. The second kappa shape index (κ2) is 8.02. The lowest BCUT2D eigenvalue weighted by atomic mass is 9.92. The average Bonchev–Trinajstić information content (AvgIpc) is 3.18. The van der Waals surface area contributed by atoms with E-state index in [1.807, 2.05) is 23.7 Å². The number of nitrogens with one attached hydrogen (secondary N) is 1. The topological polar surface area (TPSA) is 92.8 Å². The number of carbonyl (C=O) groups excluding carboxylic acids is 1. The van der Waals surface area contributed by atoms with Crippen molar-refractivity contribution in [2.45, 2.75) is 37.8 Å². The van der Waals surface area contributed by atoms with Gasteiger partial charge in [-0.1, -0.05) is 12.1 Å². The first-order valence-electron chi connectivity index (χ1n) is 9.75. The summed E-state index contributed by atoms with van der Waals surface area (Å²) < 4.78 is 7.26. The number of pyridine rings is 1. The number of nitrogens with zero attached hydrogens (tertiary/aromatic N) is 4. The highest BCUT2D eigenvalue weighted by Crippen LogP contribution is 2.28. The van der Waals surface area contributed by atoms with Crippen LogP contribution in [0, 0.1) is 11.3 Å². The number of fused-ring (bicyclic) bond motifs is 1. The van der Waals surface area contributed by atoms with Crippen LogP contribution in [0.4, 0.5) is 0 Å². The maximum atomic E-state index is 13.2. The van der Waals surface area contributed by atoms with Crippen molar-refractivity contribution in [3.8, 4) is 17.5 Å². The first kappa shape index (κ1) is 19.1. The van der Waals surface area contributed by atoms with Gasteiger partial charge in [0, 0.05) is 31.0 Å². The average molecular weight is 389 g/mol. The van der Waals surface area contributed by atoms with Gasteiger partial charge in [-0.3, -0.25) is 4.79 Å². The Kier molecular flexibility index (Phi) is 5.28. The van der Waals surface area contributed by atoms with Crippen molar-refractivity contribution in [3.05, 3.63) is 48.0 Å². The number of rotatable bonds is 4. The van der Waals surface area contributed by atoms with Gasteiger partial charge in [-0.05, 0) is 37.8 Å². The molecule has 1 N–H and O–H groups in total. The molecule has 7 nitrogen and oxygen atoms in total. The zero-order valence-electron chi connectivity index (χ0n) is 16.6. The number of aromatic nitrogens is 3. The van der Waals surface area contributed by atoms with E-state index in [2.05, 4.69) is 21.4 Å². The summed E-state index contributed by atoms with van der Waals surface area (Å²) in [5.41, 5.74) is 2.26. The van der Waals surface area contributed by atoms with Crippen LogP contribution >= 0.6 is 0 Å². The summed E-state index contributed by atoms with van der Waals surface area (Å²) in [7, 11) is 3.61. The number of carbonyl (C=O) groups is 1. The molecule has 1 saturated carbocycles. The van der Waals surface area contributed by atoms with Crippen LogP contribution in [0.25, 0.3) is 22.2 Å². The van der Waals surface area contributed by atoms with Gasteiger partial charge in [0.25, 0.3) is 5.91 Å². The number of benzene rings is 1. The Morgan fingerprint density at radius 3 is 2.72 bits per heavy atom. The summed E-state index contributed by atoms with van der Waals surface area (Å²) in [4.78, 5) is 22.0. The molecule has 1 amide bonds. The summed E-state index contributed by atoms with van der Waals surface area (Å²) in [5.74, 6) is -0.213. The van der Waals surface area contributed by atoms with Gasteiger partial charge in [-0.25, -0.2) is 9.97 Å². The summed E-state index contributed by atoms with van der Waals surface area (Å²) in [6.45, 7) is 0. The van der Waals surface area contributed by atoms with E-state index in [9.17, 15) is 10.1 Å². The van der Waals surface area contributed by atoms with Gasteiger partial charge in [0.1, 0.15) is 5.69 Å². The molecule has 4 rings (SSSR count). The SMILES string of the molecule is COC1CCC(NC(=O)c2nc(-c3cncn3C)cc3c(C#N)cccc23)CC1. The van der Waals surface area contributed by atoms with Crippen molar-refractivity contribution in [2.75, 3.05) is 7.11 Å². The van der Waals surface area contributed by atoms with Crippen LogP contribution in [-0.2, 0) is 11.8 Å². The van der Waals surface area contributed by atoms with Crippen LogP contribution in [0.1, 0.15) is 41.7 Å². The maximum Gasteiger partial charge on any atom is 0.270 e. The largest absolute Gasteiger partial charge is 0.381 e. The molecule has 0 saturated heterocycles. The fourth-order valence-electron chi connectivity index (χ4n) is 3.98. The summed E-state index contributed by atoms with van der Waals surface area (Å²) in [5, 5.41) is 14.1. The first-order valence-corrected chi connectivity index (χ1v) is 9.75. The molecular formula is C22H23N5O2. The van der Waals surface area contributed by atoms with Crippen LogP contribution in [0.15, 0.2) is 36.8 Å². The molecule has 0 bridgehead atoms. The number of ether oxygens (including phenoxy) is 1. The molecule has 0 radical (unpaired) electrons. The molecule has 0 spiro atoms. The van der Waals surface area contributed by atoms with E-state index in [4.69, 9.17) is 4.74 Å². The fraction of sp³-hybridized carbons (Fsp3) is 0.364. The minimum atomic E-state index is -0.213. The number of nitriles is 1. The van der Waals surface area contributed by atoms with Gasteiger partial charge in [0.2, 0.25) is 0 Å². The molecule has 148 valence electrons. The molecule has 1 aromatic carbocycles. The molecule has 0 aliphatic heterocycles. The Hall–Kier alpha value is -3.24. The molecule has 1 aliphatic carbocycles. The minimum Gasteiger partial charge on any atom is -0.381 e. The third-order valence-electron chi connectivity index (χ3n) is 5.63. The van der Waals surface area contributed by atoms with Gasteiger partial charge < -0.3 is 14.6 Å². The number of methoxy groups -OCH3 is 1. The fourth-order valence-corrected chi connectivity index (χ4v) is 3.98. The molecular weight excluding hydrogens is 366 g/mol. The molecule has 3 aromatic rings. The number of amides is 1. The Bertz CT molecular complexity index is 1090. The van der Waals surface area contributed by atoms with Gasteiger partial charge in [-0.2, -0.15) is 5.26 Å². The smallest absolute Gasteiger partial charge is 0.270 e. The zero-order chi connectivity index (χ0) is 20.4. The molecule has 1 fully saturated rings. The lowest BCUT2D eigenvalue weighted by Crippen LogP contribution is -2.39. The lowest BCUT2D eigenvalue weighted by molar-refractivity contribution is 0.0599. The number of hydrogen-bond acceptors (Lipinski definition) is 5. The Morgan fingerprint density at radius 1 is 1.28 bits per heavy atom. The first-order chi connectivity index (χ1) is 14.1. The minimum absolute atomic E-state index is 0.102. The van der Waals surface area contributed by atoms with Crippen LogP contribution in [0.3, 0.4) is 0 Å². The van der Waals surface area contributed by atoms with E-state index in [1.54, 1.807) is 31.8 Å². The molecule has 0 unspecified atom stereocenters. The van der Waals surface area contributed by atoms with Gasteiger partial charge in [-0.15, -0.1) is 0 Å². The normalized spacial score (nSPS) is 19.1. The van der Waals surface area contributed by atoms with Gasteiger partial charge in [0.05, 0.1) is 41.6 Å². The molecule has 2 heterocycles. The second-order valence-electron chi connectivity index (χ2n) is 7.44. The Labute approximate surface area is 169 Å². The summed E-state index contributed by atoms with van der Waals surface area (Å²) in [6.07, 6.45) is 7.29. The Morgan fingerprint density at radius 2 is 2.07 bits per heavy atom. The zero-order valence-corrected chi connectivity index (χ0v) is 16.6. The highest BCUT2D eigenvalue weighted by molar-refractivity contribution is 6.07. The van der Waals surface area contributed by atoms with E-state index in [0.717, 1.165) is 36.8 Å². The van der Waals surface area contributed by atoms with Gasteiger partial charge >= 0.3 is 0 Å². The van der Waals surface area contributed by atoms with Crippen molar-refractivity contribution in [1.29, 1.82) is 5.26 Å². The Balaban J connectivity index is 1.74. The highest BCUT2D eigenvalue weighted by atomic mass is 16.5. The van der Waals surface area contributed by atoms with Crippen LogP contribution in [-0.4, -0.2) is 39.7 Å². The van der Waals surface area contributed by atoms with E-state index >= 15 is 0 Å². The quantitative estimate of drug-likeness (QED) is 0.740. The van der Waals surface area contributed by atoms with Crippen molar-refractivity contribution >= 4 is 16.7 Å². The van der Waals surface area contributed by atoms with Crippen molar-refractivity contribution in [2.24, 2.45) is 7.05 Å². The van der Waals surface area contributed by atoms with Gasteiger partial charge in [0.15, 0.2) is 0 Å². The molecule has 7 heteroatoms. The van der Waals surface area contributed by atoms with E-state index < -0.39 is 0 Å². The van der Waals surface area contributed by atoms with E-state index in [0.29, 0.717) is 22.3 Å². The van der Waals surface area contributed by atoms with Crippen LogP contribution in [0.5, 0.6) is 0 Å². The monoisotopic (exact) mass is 389 g/mol. The van der Waals surface area contributed by atoms with E-state index in [1.165, 1.54) is 0 Å². The third-order valence-corrected chi connectivity index (χ3v) is 5.63. The third kappa shape index (κ3) is 3.71.